The number of amides is 1. The lowest BCUT2D eigenvalue weighted by Crippen LogP contribution is -2.45. The summed E-state index contributed by atoms with van der Waals surface area (Å²) in [6.45, 7) is 10.9. The van der Waals surface area contributed by atoms with Gasteiger partial charge in [-0.25, -0.2) is 0 Å². The largest absolute Gasteiger partial charge is 0.491 e. The first-order valence-electron chi connectivity index (χ1n) is 12.7. The number of carbonyl (C=O) groups excluding carboxylic acids is 1. The van der Waals surface area contributed by atoms with Crippen molar-refractivity contribution in [3.05, 3.63) is 95.1 Å². The Morgan fingerprint density at radius 3 is 2.20 bits per heavy atom. The number of benzene rings is 3. The predicted octanol–water partition coefficient (Wildman–Crippen LogP) is 4.99. The fourth-order valence-corrected chi connectivity index (χ4v) is 5.07. The lowest BCUT2D eigenvalue weighted by Gasteiger charge is -2.35. The summed E-state index contributed by atoms with van der Waals surface area (Å²) in [6, 6.07) is 24.8. The van der Waals surface area contributed by atoms with E-state index in [9.17, 15) is 4.79 Å². The third-order valence-corrected chi connectivity index (χ3v) is 6.93. The molecule has 0 saturated carbocycles. The Hall–Kier alpha value is -3.15. The van der Waals surface area contributed by atoms with Crippen molar-refractivity contribution < 1.29 is 9.53 Å². The first-order valence-corrected chi connectivity index (χ1v) is 12.7. The van der Waals surface area contributed by atoms with E-state index in [1.807, 2.05) is 41.3 Å². The maximum absolute atomic E-state index is 13.1. The topological polar surface area (TPSA) is 36.0 Å². The number of rotatable bonds is 7. The Morgan fingerprint density at radius 2 is 1.46 bits per heavy atom. The van der Waals surface area contributed by atoms with Crippen molar-refractivity contribution in [1.29, 1.82) is 0 Å². The summed E-state index contributed by atoms with van der Waals surface area (Å²) < 4.78 is 6.00. The van der Waals surface area contributed by atoms with Gasteiger partial charge in [0.05, 0.1) is 6.10 Å². The molecule has 0 unspecified atom stereocenters. The highest BCUT2D eigenvalue weighted by Crippen LogP contribution is 2.29. The van der Waals surface area contributed by atoms with E-state index in [2.05, 4.69) is 60.0 Å². The number of hydrogen-bond acceptors (Lipinski definition) is 4. The molecule has 0 N–H and O–H groups in total. The van der Waals surface area contributed by atoms with Gasteiger partial charge in [-0.1, -0.05) is 48.5 Å². The second kappa shape index (κ2) is 10.6. The lowest BCUT2D eigenvalue weighted by atomic mass is 10.1. The van der Waals surface area contributed by atoms with E-state index < -0.39 is 0 Å². The molecule has 2 heterocycles. The highest BCUT2D eigenvalue weighted by Gasteiger charge is 2.25. The number of anilines is 1. The van der Waals surface area contributed by atoms with E-state index in [0.717, 1.165) is 69.2 Å². The molecular formula is C30H35N3O2. The van der Waals surface area contributed by atoms with Crippen molar-refractivity contribution >= 4 is 11.6 Å². The zero-order valence-corrected chi connectivity index (χ0v) is 20.8. The van der Waals surface area contributed by atoms with E-state index in [1.165, 1.54) is 16.7 Å². The summed E-state index contributed by atoms with van der Waals surface area (Å²) in [4.78, 5) is 20.0. The van der Waals surface area contributed by atoms with Gasteiger partial charge in [0, 0.05) is 62.6 Å². The van der Waals surface area contributed by atoms with Crippen LogP contribution in [0.3, 0.4) is 0 Å². The van der Waals surface area contributed by atoms with Gasteiger partial charge in [0.25, 0.3) is 5.91 Å². The van der Waals surface area contributed by atoms with Crippen molar-refractivity contribution in [2.75, 3.05) is 37.6 Å². The van der Waals surface area contributed by atoms with Crippen LogP contribution in [-0.4, -0.2) is 54.5 Å². The summed E-state index contributed by atoms with van der Waals surface area (Å²) in [5, 5.41) is 0. The van der Waals surface area contributed by atoms with Crippen LogP contribution in [0.15, 0.2) is 72.8 Å². The number of hydrogen-bond donors (Lipinski definition) is 0. The van der Waals surface area contributed by atoms with Crippen LogP contribution in [0, 0.1) is 0 Å². The second-order valence-corrected chi connectivity index (χ2v) is 9.86. The second-order valence-electron chi connectivity index (χ2n) is 9.86. The molecule has 3 aromatic rings. The van der Waals surface area contributed by atoms with E-state index in [1.54, 1.807) is 0 Å². The van der Waals surface area contributed by atoms with Crippen molar-refractivity contribution in [2.24, 2.45) is 0 Å². The Morgan fingerprint density at radius 1 is 0.800 bits per heavy atom. The van der Waals surface area contributed by atoms with Crippen LogP contribution in [0.1, 0.15) is 40.9 Å². The minimum atomic E-state index is 0.0943. The molecule has 1 amide bonds. The van der Waals surface area contributed by atoms with Gasteiger partial charge in [0.15, 0.2) is 0 Å². The number of piperazine rings is 1. The Bertz CT molecular complexity index is 1150. The van der Waals surface area contributed by atoms with Crippen LogP contribution in [0.5, 0.6) is 5.75 Å². The molecule has 0 spiro atoms. The standard InChI is InChI=1S/C30H35N3O2/c1-23(2)35-29-10-6-4-8-27(29)22-32-19-17-31(18-20-32)21-24-11-13-26(14-12-24)30(34)33-16-15-25-7-3-5-9-28(25)33/h3-14,23H,15-22H2,1-2H3. The van der Waals surface area contributed by atoms with Crippen LogP contribution in [0.25, 0.3) is 0 Å². The molecule has 1 saturated heterocycles. The van der Waals surface area contributed by atoms with Gasteiger partial charge in [-0.3, -0.25) is 14.6 Å². The van der Waals surface area contributed by atoms with E-state index in [0.29, 0.717) is 0 Å². The molecule has 182 valence electrons. The molecule has 0 aliphatic carbocycles. The average molecular weight is 470 g/mol. The fraction of sp³-hybridized carbons (Fsp3) is 0.367. The third-order valence-electron chi connectivity index (χ3n) is 6.93. The number of para-hydroxylation sites is 2. The third kappa shape index (κ3) is 5.58. The van der Waals surface area contributed by atoms with Gasteiger partial charge in [-0.05, 0) is 55.7 Å². The fourth-order valence-electron chi connectivity index (χ4n) is 5.07. The summed E-state index contributed by atoms with van der Waals surface area (Å²) in [5.74, 6) is 1.09. The zero-order chi connectivity index (χ0) is 24.2. The highest BCUT2D eigenvalue weighted by molar-refractivity contribution is 6.07. The van der Waals surface area contributed by atoms with Gasteiger partial charge in [-0.15, -0.1) is 0 Å². The van der Waals surface area contributed by atoms with Crippen LogP contribution in [0.4, 0.5) is 5.69 Å². The van der Waals surface area contributed by atoms with Crippen LogP contribution >= 0.6 is 0 Å². The molecule has 2 aliphatic heterocycles. The van der Waals surface area contributed by atoms with E-state index in [-0.39, 0.29) is 12.0 Å². The molecule has 0 radical (unpaired) electrons. The number of nitrogens with zero attached hydrogens (tertiary/aromatic N) is 3. The van der Waals surface area contributed by atoms with Gasteiger partial charge < -0.3 is 9.64 Å². The maximum atomic E-state index is 13.1. The Balaban J connectivity index is 1.13. The maximum Gasteiger partial charge on any atom is 0.258 e. The molecule has 5 nitrogen and oxygen atoms in total. The summed E-state index contributed by atoms with van der Waals surface area (Å²) in [7, 11) is 0. The van der Waals surface area contributed by atoms with Crippen molar-refractivity contribution in [1.82, 2.24) is 9.80 Å². The molecule has 1 fully saturated rings. The summed E-state index contributed by atoms with van der Waals surface area (Å²) in [6.07, 6.45) is 1.11. The number of fused-ring (bicyclic) bond motifs is 1. The first kappa shape index (κ1) is 23.6. The SMILES string of the molecule is CC(C)Oc1ccccc1CN1CCN(Cc2ccc(C(=O)N3CCc4ccccc43)cc2)CC1. The molecular weight excluding hydrogens is 434 g/mol. The van der Waals surface area contributed by atoms with Gasteiger partial charge in [0.1, 0.15) is 5.75 Å². The van der Waals surface area contributed by atoms with Crippen molar-refractivity contribution in [2.45, 2.75) is 39.5 Å². The molecule has 0 aromatic heterocycles. The molecule has 5 rings (SSSR count). The van der Waals surface area contributed by atoms with Crippen LogP contribution in [-0.2, 0) is 19.5 Å². The van der Waals surface area contributed by atoms with Crippen LogP contribution in [0.2, 0.25) is 0 Å². The quantitative estimate of drug-likeness (QED) is 0.488. The van der Waals surface area contributed by atoms with Crippen LogP contribution < -0.4 is 9.64 Å². The minimum Gasteiger partial charge on any atom is -0.491 e. The Labute approximate surface area is 208 Å². The molecule has 35 heavy (non-hydrogen) atoms. The predicted molar refractivity (Wildman–Crippen MR) is 141 cm³/mol. The monoisotopic (exact) mass is 469 g/mol. The molecule has 0 bridgehead atoms. The number of carbonyl (C=O) groups is 1. The Kier molecular flexibility index (Phi) is 7.16. The summed E-state index contributed by atoms with van der Waals surface area (Å²) in [5.41, 5.74) is 5.59. The van der Waals surface area contributed by atoms with Gasteiger partial charge in [-0.2, -0.15) is 0 Å². The minimum absolute atomic E-state index is 0.0943. The van der Waals surface area contributed by atoms with Crippen molar-refractivity contribution in [3.63, 3.8) is 0 Å². The number of ether oxygens (including phenoxy) is 1. The molecule has 5 heteroatoms. The highest BCUT2D eigenvalue weighted by atomic mass is 16.5. The zero-order valence-electron chi connectivity index (χ0n) is 20.8. The lowest BCUT2D eigenvalue weighted by molar-refractivity contribution is 0.0989. The molecule has 3 aromatic carbocycles. The van der Waals surface area contributed by atoms with E-state index >= 15 is 0 Å². The smallest absolute Gasteiger partial charge is 0.258 e. The molecule has 0 atom stereocenters. The van der Waals surface area contributed by atoms with Gasteiger partial charge >= 0.3 is 0 Å². The first-order chi connectivity index (χ1) is 17.1. The average Bonchev–Trinajstić information content (AvgIpc) is 3.30. The van der Waals surface area contributed by atoms with Crippen molar-refractivity contribution in [3.8, 4) is 5.75 Å². The van der Waals surface area contributed by atoms with Gasteiger partial charge in [0.2, 0.25) is 0 Å². The normalized spacial score (nSPS) is 16.5. The van der Waals surface area contributed by atoms with E-state index in [4.69, 9.17) is 4.74 Å². The molecule has 2 aliphatic rings. The summed E-state index contributed by atoms with van der Waals surface area (Å²) >= 11 is 0.